The smallest absolute Gasteiger partial charge is 0.251 e. The van der Waals surface area contributed by atoms with Crippen LogP contribution in [0.1, 0.15) is 39.9 Å². The highest BCUT2D eigenvalue weighted by molar-refractivity contribution is 5.94. The Morgan fingerprint density at radius 1 is 1.13 bits per heavy atom. The van der Waals surface area contributed by atoms with E-state index in [4.69, 9.17) is 4.74 Å². The second-order valence-corrected chi connectivity index (χ2v) is 7.41. The molecule has 160 valence electrons. The third-order valence-corrected chi connectivity index (χ3v) is 5.08. The minimum atomic E-state index is -0.216. The Hall–Kier alpha value is -2.93. The Bertz CT molecular complexity index is 895. The normalized spacial score (nSPS) is 16.4. The third kappa shape index (κ3) is 6.29. The van der Waals surface area contributed by atoms with Gasteiger partial charge in [0.15, 0.2) is 5.96 Å². The van der Waals surface area contributed by atoms with E-state index in [9.17, 15) is 9.18 Å². The van der Waals surface area contributed by atoms with Gasteiger partial charge in [-0.15, -0.1) is 0 Å². The lowest BCUT2D eigenvalue weighted by atomic mass is 10.1. The Morgan fingerprint density at radius 2 is 1.90 bits per heavy atom. The zero-order chi connectivity index (χ0) is 21.3. The number of halogens is 1. The second-order valence-electron chi connectivity index (χ2n) is 7.41. The topological polar surface area (TPSA) is 74.8 Å². The van der Waals surface area contributed by atoms with Crippen molar-refractivity contribution in [3.8, 4) is 0 Å². The fourth-order valence-electron chi connectivity index (χ4n) is 3.27. The van der Waals surface area contributed by atoms with Crippen molar-refractivity contribution in [1.29, 1.82) is 0 Å². The van der Waals surface area contributed by atoms with Gasteiger partial charge in [-0.25, -0.2) is 4.39 Å². The van der Waals surface area contributed by atoms with Crippen molar-refractivity contribution in [1.82, 2.24) is 16.0 Å². The zero-order valence-corrected chi connectivity index (χ0v) is 17.5. The van der Waals surface area contributed by atoms with Crippen LogP contribution in [0.3, 0.4) is 0 Å². The van der Waals surface area contributed by atoms with Crippen molar-refractivity contribution in [2.75, 3.05) is 20.2 Å². The second kappa shape index (κ2) is 10.7. The number of ether oxygens (including phenoxy) is 1. The molecule has 6 nitrogen and oxygen atoms in total. The van der Waals surface area contributed by atoms with Crippen molar-refractivity contribution in [3.63, 3.8) is 0 Å². The average molecular weight is 413 g/mol. The van der Waals surface area contributed by atoms with Crippen LogP contribution in [0.4, 0.5) is 4.39 Å². The molecule has 1 heterocycles. The van der Waals surface area contributed by atoms with Gasteiger partial charge in [-0.1, -0.05) is 24.3 Å². The van der Waals surface area contributed by atoms with Crippen LogP contribution in [-0.2, 0) is 17.8 Å². The molecule has 0 spiro atoms. The summed E-state index contributed by atoms with van der Waals surface area (Å²) in [5.74, 6) is 0.285. The van der Waals surface area contributed by atoms with Crippen LogP contribution in [0.5, 0.6) is 0 Å². The minimum Gasteiger partial charge on any atom is -0.376 e. The standard InChI is InChI=1S/C23H29FN4O2/c1-16-8-9-18(12-21(16)24)14-28-23(25-2)27-13-17-5-3-6-19(11-17)22(29)26-15-20-7-4-10-30-20/h3,5-6,8-9,11-12,20H,4,7,10,13-15H2,1-2H3,(H,26,29)(H2,25,27,28). The number of hydrogen-bond acceptors (Lipinski definition) is 3. The van der Waals surface area contributed by atoms with Gasteiger partial charge in [0.05, 0.1) is 6.10 Å². The molecule has 2 aromatic rings. The van der Waals surface area contributed by atoms with Crippen LogP contribution in [0.25, 0.3) is 0 Å². The number of rotatable bonds is 7. The van der Waals surface area contributed by atoms with Gasteiger partial charge in [0.25, 0.3) is 5.91 Å². The van der Waals surface area contributed by atoms with Gasteiger partial charge >= 0.3 is 0 Å². The van der Waals surface area contributed by atoms with Crippen molar-refractivity contribution in [3.05, 3.63) is 70.5 Å². The highest BCUT2D eigenvalue weighted by atomic mass is 19.1. The summed E-state index contributed by atoms with van der Waals surface area (Å²) in [5, 5.41) is 9.33. The van der Waals surface area contributed by atoms with Crippen LogP contribution < -0.4 is 16.0 Å². The summed E-state index contributed by atoms with van der Waals surface area (Å²) in [5.41, 5.74) is 3.04. The van der Waals surface area contributed by atoms with Gasteiger partial charge < -0.3 is 20.7 Å². The number of nitrogens with zero attached hydrogens (tertiary/aromatic N) is 1. The molecule has 3 rings (SSSR count). The summed E-state index contributed by atoms with van der Waals surface area (Å²) in [7, 11) is 1.68. The molecule has 30 heavy (non-hydrogen) atoms. The lowest BCUT2D eigenvalue weighted by molar-refractivity contribution is 0.0857. The molecule has 1 unspecified atom stereocenters. The highest BCUT2D eigenvalue weighted by Gasteiger charge is 2.16. The molecule has 1 atom stereocenters. The number of amides is 1. The first-order valence-corrected chi connectivity index (χ1v) is 10.2. The summed E-state index contributed by atoms with van der Waals surface area (Å²) < 4.78 is 19.2. The van der Waals surface area contributed by atoms with E-state index in [2.05, 4.69) is 20.9 Å². The molecule has 7 heteroatoms. The molecule has 1 amide bonds. The van der Waals surface area contributed by atoms with Crippen LogP contribution in [0.2, 0.25) is 0 Å². The molecule has 2 aromatic carbocycles. The fourth-order valence-corrected chi connectivity index (χ4v) is 3.27. The van der Waals surface area contributed by atoms with Crippen molar-refractivity contribution in [2.45, 2.75) is 39.0 Å². The van der Waals surface area contributed by atoms with Gasteiger partial charge in [-0.2, -0.15) is 0 Å². The summed E-state index contributed by atoms with van der Waals surface area (Å²) in [6, 6.07) is 12.6. The number of nitrogens with one attached hydrogen (secondary N) is 3. The van der Waals surface area contributed by atoms with E-state index in [1.807, 2.05) is 24.3 Å². The van der Waals surface area contributed by atoms with Crippen LogP contribution in [-0.4, -0.2) is 38.2 Å². The van der Waals surface area contributed by atoms with Gasteiger partial charge in [-0.05, 0) is 54.7 Å². The number of guanidine groups is 1. The maximum absolute atomic E-state index is 13.7. The van der Waals surface area contributed by atoms with E-state index >= 15 is 0 Å². The van der Waals surface area contributed by atoms with E-state index in [1.165, 1.54) is 6.07 Å². The summed E-state index contributed by atoms with van der Waals surface area (Å²) in [4.78, 5) is 16.6. The van der Waals surface area contributed by atoms with E-state index in [0.717, 1.165) is 30.6 Å². The molecule has 1 saturated heterocycles. The van der Waals surface area contributed by atoms with E-state index in [1.54, 1.807) is 26.1 Å². The zero-order valence-electron chi connectivity index (χ0n) is 17.5. The fraction of sp³-hybridized carbons (Fsp3) is 0.391. The lowest BCUT2D eigenvalue weighted by Gasteiger charge is -2.13. The quantitative estimate of drug-likeness (QED) is 0.483. The first kappa shape index (κ1) is 21.8. The van der Waals surface area contributed by atoms with Crippen molar-refractivity contribution in [2.24, 2.45) is 4.99 Å². The van der Waals surface area contributed by atoms with Crippen LogP contribution in [0.15, 0.2) is 47.5 Å². The Morgan fingerprint density at radius 3 is 2.57 bits per heavy atom. The highest BCUT2D eigenvalue weighted by Crippen LogP contribution is 2.12. The maximum atomic E-state index is 13.7. The molecular weight excluding hydrogens is 383 g/mol. The number of aryl methyl sites for hydroxylation is 1. The molecule has 1 fully saturated rings. The molecule has 3 N–H and O–H groups in total. The van der Waals surface area contributed by atoms with E-state index < -0.39 is 0 Å². The maximum Gasteiger partial charge on any atom is 0.251 e. The number of aliphatic imine (C=N–C) groups is 1. The predicted molar refractivity (Wildman–Crippen MR) is 116 cm³/mol. The molecular formula is C23H29FN4O2. The molecule has 0 saturated carbocycles. The number of hydrogen-bond donors (Lipinski definition) is 3. The lowest BCUT2D eigenvalue weighted by Crippen LogP contribution is -2.36. The predicted octanol–water partition coefficient (Wildman–Crippen LogP) is 2.91. The van der Waals surface area contributed by atoms with E-state index in [0.29, 0.717) is 36.7 Å². The monoisotopic (exact) mass is 412 g/mol. The van der Waals surface area contributed by atoms with Crippen molar-refractivity contribution >= 4 is 11.9 Å². The van der Waals surface area contributed by atoms with E-state index in [-0.39, 0.29) is 17.8 Å². The van der Waals surface area contributed by atoms with Crippen LogP contribution >= 0.6 is 0 Å². The molecule has 1 aliphatic rings. The number of benzene rings is 2. The third-order valence-electron chi connectivity index (χ3n) is 5.08. The van der Waals surface area contributed by atoms with Gasteiger partial charge in [-0.3, -0.25) is 9.79 Å². The molecule has 1 aliphatic heterocycles. The largest absolute Gasteiger partial charge is 0.376 e. The van der Waals surface area contributed by atoms with Gasteiger partial charge in [0.2, 0.25) is 0 Å². The molecule has 0 aliphatic carbocycles. The summed E-state index contributed by atoms with van der Waals surface area (Å²) >= 11 is 0. The first-order chi connectivity index (χ1) is 14.5. The molecule has 0 bridgehead atoms. The molecule has 0 aromatic heterocycles. The molecule has 0 radical (unpaired) electrons. The van der Waals surface area contributed by atoms with Crippen LogP contribution in [0, 0.1) is 12.7 Å². The Balaban J connectivity index is 1.49. The number of carbonyl (C=O) groups excluding carboxylic acids is 1. The van der Waals surface area contributed by atoms with Crippen molar-refractivity contribution < 1.29 is 13.9 Å². The summed E-state index contributed by atoms with van der Waals surface area (Å²) in [6.07, 6.45) is 2.16. The van der Waals surface area contributed by atoms with Gasteiger partial charge in [0.1, 0.15) is 5.82 Å². The summed E-state index contributed by atoms with van der Waals surface area (Å²) in [6.45, 7) is 4.02. The first-order valence-electron chi connectivity index (χ1n) is 10.2. The SMILES string of the molecule is CN=C(NCc1cccc(C(=O)NCC2CCCO2)c1)NCc1ccc(C)c(F)c1. The Kier molecular flexibility index (Phi) is 7.79. The average Bonchev–Trinajstić information content (AvgIpc) is 3.28. The van der Waals surface area contributed by atoms with Gasteiger partial charge in [0, 0.05) is 38.9 Å². The Labute approximate surface area is 176 Å². The minimum absolute atomic E-state index is 0.101. The number of carbonyl (C=O) groups is 1.